The second kappa shape index (κ2) is 5.95. The predicted octanol–water partition coefficient (Wildman–Crippen LogP) is 0.783. The predicted molar refractivity (Wildman–Crippen MR) is 65.0 cm³/mol. The van der Waals surface area contributed by atoms with Crippen LogP contribution in [0.5, 0.6) is 0 Å². The number of nitrogens with zero attached hydrogens (tertiary/aromatic N) is 2. The van der Waals surface area contributed by atoms with E-state index < -0.39 is 0 Å². The molecule has 1 saturated heterocycles. The number of aliphatic imine (C=N–C) groups is 1. The van der Waals surface area contributed by atoms with Gasteiger partial charge in [-0.2, -0.15) is 0 Å². The van der Waals surface area contributed by atoms with Crippen LogP contribution in [-0.4, -0.2) is 42.6 Å². The summed E-state index contributed by atoms with van der Waals surface area (Å²) in [6.45, 7) is 9.51. The van der Waals surface area contributed by atoms with Crippen LogP contribution < -0.4 is 11.1 Å². The van der Waals surface area contributed by atoms with Gasteiger partial charge in [-0.15, -0.1) is 0 Å². The average Bonchev–Trinajstić information content (AvgIpc) is 2.60. The molecule has 0 spiro atoms. The van der Waals surface area contributed by atoms with E-state index in [0.29, 0.717) is 18.0 Å². The van der Waals surface area contributed by atoms with E-state index >= 15 is 0 Å². The summed E-state index contributed by atoms with van der Waals surface area (Å²) in [4.78, 5) is 6.86. The van der Waals surface area contributed by atoms with Crippen molar-refractivity contribution in [3.05, 3.63) is 0 Å². The zero-order chi connectivity index (χ0) is 11.3. The number of likely N-dealkylation sites (N-methyl/N-ethyl adjacent to an activating group) is 1. The summed E-state index contributed by atoms with van der Waals surface area (Å²) in [7, 11) is 0. The van der Waals surface area contributed by atoms with Crippen LogP contribution in [0.25, 0.3) is 0 Å². The Balaban J connectivity index is 2.34. The Morgan fingerprint density at radius 3 is 2.93 bits per heavy atom. The topological polar surface area (TPSA) is 53.6 Å². The van der Waals surface area contributed by atoms with Crippen molar-refractivity contribution >= 4 is 5.96 Å². The Morgan fingerprint density at radius 2 is 2.33 bits per heavy atom. The van der Waals surface area contributed by atoms with Gasteiger partial charge < -0.3 is 11.1 Å². The van der Waals surface area contributed by atoms with Crippen LogP contribution >= 0.6 is 0 Å². The van der Waals surface area contributed by atoms with E-state index in [9.17, 15) is 0 Å². The third-order valence-corrected chi connectivity index (χ3v) is 2.81. The smallest absolute Gasteiger partial charge is 0.188 e. The highest BCUT2D eigenvalue weighted by molar-refractivity contribution is 5.78. The molecule has 1 heterocycles. The van der Waals surface area contributed by atoms with Gasteiger partial charge in [0.25, 0.3) is 0 Å². The van der Waals surface area contributed by atoms with Gasteiger partial charge in [-0.05, 0) is 39.8 Å². The fraction of sp³-hybridized carbons (Fsp3) is 0.909. The summed E-state index contributed by atoms with van der Waals surface area (Å²) in [5.74, 6) is 0.577. The van der Waals surface area contributed by atoms with Crippen molar-refractivity contribution in [2.24, 2.45) is 10.7 Å². The average molecular weight is 212 g/mol. The molecule has 88 valence electrons. The van der Waals surface area contributed by atoms with Gasteiger partial charge in [0, 0.05) is 12.1 Å². The fourth-order valence-electron chi connectivity index (χ4n) is 2.06. The summed E-state index contributed by atoms with van der Waals surface area (Å²) in [5.41, 5.74) is 5.76. The number of hydrogen-bond acceptors (Lipinski definition) is 2. The largest absolute Gasteiger partial charge is 0.370 e. The first kappa shape index (κ1) is 12.3. The molecule has 0 radical (unpaired) electrons. The first-order valence-electron chi connectivity index (χ1n) is 5.94. The molecule has 1 unspecified atom stereocenters. The van der Waals surface area contributed by atoms with Gasteiger partial charge in [-0.25, -0.2) is 0 Å². The highest BCUT2D eigenvalue weighted by Gasteiger charge is 2.22. The molecule has 4 heteroatoms. The maximum absolute atomic E-state index is 5.76. The van der Waals surface area contributed by atoms with E-state index in [-0.39, 0.29) is 0 Å². The normalized spacial score (nSPS) is 23.7. The van der Waals surface area contributed by atoms with E-state index in [0.717, 1.165) is 13.1 Å². The van der Waals surface area contributed by atoms with E-state index in [1.165, 1.54) is 19.4 Å². The molecule has 15 heavy (non-hydrogen) atoms. The van der Waals surface area contributed by atoms with Gasteiger partial charge in [-0.3, -0.25) is 9.89 Å². The van der Waals surface area contributed by atoms with E-state index in [2.05, 4.69) is 36.0 Å². The zero-order valence-corrected chi connectivity index (χ0v) is 10.2. The molecule has 0 bridgehead atoms. The van der Waals surface area contributed by atoms with Crippen molar-refractivity contribution in [1.29, 1.82) is 0 Å². The molecule has 4 nitrogen and oxygen atoms in total. The van der Waals surface area contributed by atoms with Crippen LogP contribution in [0.4, 0.5) is 0 Å². The number of hydrogen-bond donors (Lipinski definition) is 2. The molecule has 1 atom stereocenters. The Labute approximate surface area is 92.9 Å². The van der Waals surface area contributed by atoms with E-state index in [1.54, 1.807) is 0 Å². The van der Waals surface area contributed by atoms with Gasteiger partial charge in [-0.1, -0.05) is 6.92 Å². The van der Waals surface area contributed by atoms with Gasteiger partial charge in [0.1, 0.15) is 0 Å². The first-order valence-corrected chi connectivity index (χ1v) is 5.94. The van der Waals surface area contributed by atoms with E-state index in [1.807, 2.05) is 0 Å². The Hall–Kier alpha value is -0.770. The van der Waals surface area contributed by atoms with Crippen LogP contribution in [0.15, 0.2) is 4.99 Å². The number of nitrogens with two attached hydrogens (primary N) is 1. The SMILES string of the molecule is CCN1CCCC1CN=C(N)NC(C)C. The lowest BCUT2D eigenvalue weighted by atomic mass is 10.2. The molecule has 0 aromatic rings. The molecule has 0 aliphatic carbocycles. The molecule has 1 aliphatic rings. The fourth-order valence-corrected chi connectivity index (χ4v) is 2.06. The Bertz CT molecular complexity index is 213. The van der Waals surface area contributed by atoms with Crippen molar-refractivity contribution in [3.8, 4) is 0 Å². The number of nitrogens with one attached hydrogen (secondary N) is 1. The minimum absolute atomic E-state index is 0.361. The number of guanidine groups is 1. The lowest BCUT2D eigenvalue weighted by Crippen LogP contribution is -2.38. The van der Waals surface area contributed by atoms with Crippen molar-refractivity contribution in [3.63, 3.8) is 0 Å². The second-order valence-corrected chi connectivity index (χ2v) is 4.45. The van der Waals surface area contributed by atoms with Crippen molar-refractivity contribution < 1.29 is 0 Å². The summed E-state index contributed by atoms with van der Waals surface area (Å²) in [6, 6.07) is 0.960. The number of rotatable bonds is 4. The summed E-state index contributed by atoms with van der Waals surface area (Å²) in [6.07, 6.45) is 2.55. The minimum atomic E-state index is 0.361. The molecule has 1 aliphatic heterocycles. The summed E-state index contributed by atoms with van der Waals surface area (Å²) in [5, 5.41) is 3.11. The third kappa shape index (κ3) is 4.08. The van der Waals surface area contributed by atoms with Crippen LogP contribution in [0, 0.1) is 0 Å². The van der Waals surface area contributed by atoms with Gasteiger partial charge in [0.15, 0.2) is 5.96 Å². The van der Waals surface area contributed by atoms with Crippen LogP contribution in [0.3, 0.4) is 0 Å². The Kier molecular flexibility index (Phi) is 4.88. The van der Waals surface area contributed by atoms with Crippen LogP contribution in [-0.2, 0) is 0 Å². The zero-order valence-electron chi connectivity index (χ0n) is 10.2. The third-order valence-electron chi connectivity index (χ3n) is 2.81. The lowest BCUT2D eigenvalue weighted by Gasteiger charge is -2.21. The molecule has 0 aromatic carbocycles. The maximum atomic E-state index is 5.76. The molecular weight excluding hydrogens is 188 g/mol. The highest BCUT2D eigenvalue weighted by atomic mass is 15.2. The quantitative estimate of drug-likeness (QED) is 0.535. The standard InChI is InChI=1S/C11H24N4/c1-4-15-7-5-6-10(15)8-13-11(12)14-9(2)3/h9-10H,4-8H2,1-3H3,(H3,12,13,14). The van der Waals surface area contributed by atoms with Crippen LogP contribution in [0.1, 0.15) is 33.6 Å². The van der Waals surface area contributed by atoms with Gasteiger partial charge in [0.05, 0.1) is 6.54 Å². The highest BCUT2D eigenvalue weighted by Crippen LogP contribution is 2.16. The lowest BCUT2D eigenvalue weighted by molar-refractivity contribution is 0.273. The molecule has 1 fully saturated rings. The van der Waals surface area contributed by atoms with Crippen molar-refractivity contribution in [2.75, 3.05) is 19.6 Å². The summed E-state index contributed by atoms with van der Waals surface area (Å²) < 4.78 is 0. The maximum Gasteiger partial charge on any atom is 0.188 e. The molecule has 0 saturated carbocycles. The molecule has 1 rings (SSSR count). The molecule has 0 amide bonds. The van der Waals surface area contributed by atoms with Gasteiger partial charge >= 0.3 is 0 Å². The molecule has 3 N–H and O–H groups in total. The van der Waals surface area contributed by atoms with E-state index in [4.69, 9.17) is 5.73 Å². The van der Waals surface area contributed by atoms with Crippen molar-refractivity contribution in [1.82, 2.24) is 10.2 Å². The number of likely N-dealkylation sites (tertiary alicyclic amines) is 1. The van der Waals surface area contributed by atoms with Crippen molar-refractivity contribution in [2.45, 2.75) is 45.7 Å². The second-order valence-electron chi connectivity index (χ2n) is 4.45. The van der Waals surface area contributed by atoms with Gasteiger partial charge in [0.2, 0.25) is 0 Å². The minimum Gasteiger partial charge on any atom is -0.370 e. The monoisotopic (exact) mass is 212 g/mol. The summed E-state index contributed by atoms with van der Waals surface area (Å²) >= 11 is 0. The first-order chi connectivity index (χ1) is 7.13. The Morgan fingerprint density at radius 1 is 1.60 bits per heavy atom. The molecular formula is C11H24N4. The van der Waals surface area contributed by atoms with Crippen LogP contribution in [0.2, 0.25) is 0 Å². The molecule has 0 aromatic heterocycles.